The van der Waals surface area contributed by atoms with E-state index in [4.69, 9.17) is 48.4 Å². The van der Waals surface area contributed by atoms with Gasteiger partial charge in [-0.15, -0.1) is 0 Å². The van der Waals surface area contributed by atoms with Crippen LogP contribution in [-0.4, -0.2) is 229 Å². The van der Waals surface area contributed by atoms with Crippen LogP contribution in [0.3, 0.4) is 0 Å². The highest BCUT2D eigenvalue weighted by molar-refractivity contribution is 6.04. The van der Waals surface area contributed by atoms with Crippen LogP contribution >= 0.6 is 0 Å². The molecule has 0 aliphatic heterocycles. The molecule has 1 aromatic carbocycles. The lowest BCUT2D eigenvalue weighted by molar-refractivity contribution is -0.121. The third-order valence-corrected chi connectivity index (χ3v) is 13.3. The SMILES string of the molecule is Cn1cc(NC(=O)c2nc(NC(=O)CCNC(=O)c3cc(NC(=O)c4nccn4C)cn3C)cn2C)cc1C(=O)NCCC(=O)Nc1cn(C)c(C(=O)NCCC(=O)NCCOCCOCCOCCOCCOCCOCCOCCOCCOc2ccc(N)cc2O)n1. The molecule has 518 valence electrons. The van der Waals surface area contributed by atoms with E-state index in [2.05, 4.69) is 57.5 Å². The molecule has 6 rings (SSSR count). The van der Waals surface area contributed by atoms with Crippen molar-refractivity contribution >= 4 is 76.0 Å². The molecule has 0 bridgehead atoms. The summed E-state index contributed by atoms with van der Waals surface area (Å²) in [6.45, 7) is 6.76. The number of phenols is 1. The van der Waals surface area contributed by atoms with Crippen LogP contribution in [0.1, 0.15) is 72.1 Å². The summed E-state index contributed by atoms with van der Waals surface area (Å²) in [5.74, 6) is -3.29. The van der Waals surface area contributed by atoms with E-state index in [0.717, 1.165) is 0 Å². The lowest BCUT2D eigenvalue weighted by atomic mass is 10.3. The van der Waals surface area contributed by atoms with Crippen LogP contribution in [0.2, 0.25) is 0 Å². The number of carbonyl (C=O) groups is 8. The van der Waals surface area contributed by atoms with Gasteiger partial charge in [0.1, 0.15) is 18.0 Å². The molecular formula is C60H85N17O18. The Kier molecular flexibility index (Phi) is 31.6. The Morgan fingerprint density at radius 3 is 1.25 bits per heavy atom. The van der Waals surface area contributed by atoms with Gasteiger partial charge in [0.25, 0.3) is 29.5 Å². The molecule has 5 heterocycles. The highest BCUT2D eigenvalue weighted by Gasteiger charge is 2.21. The van der Waals surface area contributed by atoms with Crippen molar-refractivity contribution < 1.29 is 86.1 Å². The Morgan fingerprint density at radius 2 is 0.821 bits per heavy atom. The average molecular weight is 1330 g/mol. The molecule has 0 radical (unpaired) electrons. The minimum absolute atomic E-state index is 0.000235. The van der Waals surface area contributed by atoms with Crippen molar-refractivity contribution in [2.75, 3.05) is 165 Å². The summed E-state index contributed by atoms with van der Waals surface area (Å²) >= 11 is 0. The van der Waals surface area contributed by atoms with Crippen LogP contribution in [0, 0.1) is 0 Å². The van der Waals surface area contributed by atoms with Crippen LogP contribution < -0.4 is 53.0 Å². The number of rotatable bonds is 46. The van der Waals surface area contributed by atoms with E-state index in [1.54, 1.807) is 64.3 Å². The monoisotopic (exact) mass is 1330 g/mol. The highest BCUT2D eigenvalue weighted by atomic mass is 16.6. The molecule has 35 nitrogen and oxygen atoms in total. The largest absolute Gasteiger partial charge is 0.504 e. The van der Waals surface area contributed by atoms with Crippen LogP contribution in [0.15, 0.2) is 67.5 Å². The van der Waals surface area contributed by atoms with Crippen molar-refractivity contribution in [2.45, 2.75) is 19.3 Å². The Morgan fingerprint density at radius 1 is 0.421 bits per heavy atom. The number of hydrogen-bond acceptors (Lipinski definition) is 22. The number of nitrogens with one attached hydrogen (secondary N) is 8. The van der Waals surface area contributed by atoms with E-state index < -0.39 is 41.4 Å². The summed E-state index contributed by atoms with van der Waals surface area (Å²) in [4.78, 5) is 115. The van der Waals surface area contributed by atoms with E-state index in [1.807, 2.05) is 0 Å². The molecule has 35 heteroatoms. The topological polar surface area (TPSA) is 425 Å². The molecule has 0 unspecified atom stereocenters. The molecule has 0 spiro atoms. The second-order valence-electron chi connectivity index (χ2n) is 20.8. The van der Waals surface area contributed by atoms with Gasteiger partial charge in [0, 0.05) is 130 Å². The number of amides is 8. The summed E-state index contributed by atoms with van der Waals surface area (Å²) in [6.07, 6.45) is 8.83. The Labute approximate surface area is 547 Å². The zero-order valence-electron chi connectivity index (χ0n) is 53.9. The number of aryl methyl sites for hydroxylation is 5. The Hall–Kier alpha value is -9.75. The molecule has 0 aliphatic rings. The van der Waals surface area contributed by atoms with E-state index in [1.165, 1.54) is 61.3 Å². The van der Waals surface area contributed by atoms with Crippen molar-refractivity contribution in [3.63, 3.8) is 0 Å². The van der Waals surface area contributed by atoms with E-state index >= 15 is 0 Å². The fourth-order valence-electron chi connectivity index (χ4n) is 8.55. The third kappa shape index (κ3) is 26.6. The van der Waals surface area contributed by atoms with Crippen molar-refractivity contribution in [3.8, 4) is 11.5 Å². The van der Waals surface area contributed by atoms with Crippen molar-refractivity contribution in [3.05, 3.63) is 96.4 Å². The maximum Gasteiger partial charge on any atom is 0.291 e. The number of hydrogen-bond donors (Lipinski definition) is 10. The minimum Gasteiger partial charge on any atom is -0.504 e. The first-order chi connectivity index (χ1) is 45.8. The van der Waals surface area contributed by atoms with Gasteiger partial charge in [0.2, 0.25) is 29.4 Å². The van der Waals surface area contributed by atoms with Gasteiger partial charge in [-0.25, -0.2) is 15.0 Å². The zero-order valence-corrected chi connectivity index (χ0v) is 53.9. The number of aromatic nitrogens is 8. The highest BCUT2D eigenvalue weighted by Crippen LogP contribution is 2.27. The molecule has 11 N–H and O–H groups in total. The van der Waals surface area contributed by atoms with Gasteiger partial charge in [-0.3, -0.25) is 38.4 Å². The number of nitrogens with zero attached hydrogens (tertiary/aromatic N) is 8. The Balaban J connectivity index is 0.710. The molecule has 6 aromatic rings. The number of imidazole rings is 3. The van der Waals surface area contributed by atoms with Crippen molar-refractivity contribution in [1.29, 1.82) is 0 Å². The van der Waals surface area contributed by atoms with Crippen molar-refractivity contribution in [1.82, 2.24) is 59.1 Å². The van der Waals surface area contributed by atoms with Crippen molar-refractivity contribution in [2.24, 2.45) is 35.2 Å². The molecular weight excluding hydrogens is 1250 g/mol. The van der Waals surface area contributed by atoms with Gasteiger partial charge in [-0.1, -0.05) is 0 Å². The van der Waals surface area contributed by atoms with Crippen LogP contribution in [-0.2, 0) is 87.5 Å². The number of anilines is 5. The van der Waals surface area contributed by atoms with Gasteiger partial charge in [-0.2, -0.15) is 0 Å². The molecule has 0 saturated carbocycles. The predicted octanol–water partition coefficient (Wildman–Crippen LogP) is 0.322. The summed E-state index contributed by atoms with van der Waals surface area (Å²) in [7, 11) is 8.04. The summed E-state index contributed by atoms with van der Waals surface area (Å²) < 4.78 is 56.7. The second kappa shape index (κ2) is 40.4. The second-order valence-corrected chi connectivity index (χ2v) is 20.8. The normalized spacial score (nSPS) is 11.1. The van der Waals surface area contributed by atoms with Gasteiger partial charge >= 0.3 is 0 Å². The van der Waals surface area contributed by atoms with E-state index in [-0.39, 0.29) is 116 Å². The lowest BCUT2D eigenvalue weighted by Crippen LogP contribution is -2.33. The lowest BCUT2D eigenvalue weighted by Gasteiger charge is -2.10. The number of carbonyl (C=O) groups excluding carboxylic acids is 8. The average Bonchev–Trinajstić information content (AvgIpc) is 1.73. The molecule has 0 atom stereocenters. The first kappa shape index (κ1) is 74.3. The van der Waals surface area contributed by atoms with Gasteiger partial charge in [0.15, 0.2) is 29.0 Å². The molecule has 5 aromatic heterocycles. The molecule has 8 amide bonds. The first-order valence-corrected chi connectivity index (χ1v) is 30.4. The third-order valence-electron chi connectivity index (χ3n) is 13.3. The fraction of sp³-hybridized carbons (Fsp3) is 0.483. The Bertz CT molecular complexity index is 3450. The number of aromatic hydroxyl groups is 1. The summed E-state index contributed by atoms with van der Waals surface area (Å²) in [6, 6.07) is 7.60. The summed E-state index contributed by atoms with van der Waals surface area (Å²) in [5, 5.41) is 31.1. The van der Waals surface area contributed by atoms with Gasteiger partial charge in [-0.05, 0) is 24.3 Å². The fourth-order valence-corrected chi connectivity index (χ4v) is 8.55. The number of ether oxygens (including phenoxy) is 9. The van der Waals surface area contributed by atoms with Crippen LogP contribution in [0.5, 0.6) is 11.5 Å². The number of benzene rings is 1. The zero-order chi connectivity index (χ0) is 68.3. The first-order valence-electron chi connectivity index (χ1n) is 30.4. The number of nitrogen functional groups attached to an aromatic ring is 1. The number of phenolic OH excluding ortho intramolecular Hbond substituents is 1. The van der Waals surface area contributed by atoms with E-state index in [0.29, 0.717) is 116 Å². The maximum atomic E-state index is 13.3. The molecule has 0 aliphatic carbocycles. The maximum absolute atomic E-state index is 13.3. The minimum atomic E-state index is -0.638. The van der Waals surface area contributed by atoms with E-state index in [9.17, 15) is 43.5 Å². The molecule has 0 saturated heterocycles. The van der Waals surface area contributed by atoms with Gasteiger partial charge in [0.05, 0.1) is 117 Å². The smallest absolute Gasteiger partial charge is 0.291 e. The molecule has 0 fully saturated rings. The van der Waals surface area contributed by atoms with Crippen LogP contribution in [0.25, 0.3) is 0 Å². The standard InChI is InChI=1S/C60H85N17O18/c1-73-16-14-63-53(73)59(85)67-42-35-44(74(2)37-42)56(82)64-13-10-52(81)70-49-40-77(5)55(72-49)60(86)68-43-36-45(75(3)38-43)57(83)65-12-9-51(80)69-48-39-76(4)54(71-48)58(84)66-11-8-50(79)62-15-17-87-18-19-88-20-21-89-22-23-90-24-25-91-26-27-92-28-29-93-30-31-94-32-33-95-47-7-6-41(61)34-46(47)78/h6-7,14,16,34-40,78H,8-13,15,17-33,61H2,1-5H3,(H,62,79)(H,64,82)(H,65,83)(H,66,84)(H,67,85)(H,68,86)(H,69,80)(H,70,81). The summed E-state index contributed by atoms with van der Waals surface area (Å²) in [5.41, 5.74) is 7.11. The van der Waals surface area contributed by atoms with Gasteiger partial charge < -0.3 is 119 Å². The molecule has 95 heavy (non-hydrogen) atoms. The quantitative estimate of drug-likeness (QED) is 0.0182. The number of nitrogens with two attached hydrogens (primary N) is 1. The predicted molar refractivity (Wildman–Crippen MR) is 342 cm³/mol. The van der Waals surface area contributed by atoms with Crippen LogP contribution in [0.4, 0.5) is 28.7 Å².